The van der Waals surface area contributed by atoms with Crippen LogP contribution >= 0.6 is 22.7 Å². The summed E-state index contributed by atoms with van der Waals surface area (Å²) >= 11 is 3.25. The number of ether oxygens (including phenoxy) is 2. The number of aromatic nitrogens is 4. The minimum absolute atomic E-state index is 0.00262. The van der Waals surface area contributed by atoms with Crippen LogP contribution in [0.4, 0.5) is 5.69 Å². The quantitative estimate of drug-likeness (QED) is 0.0982. The minimum Gasteiger partial charge on any atom is -0.469 e. The summed E-state index contributed by atoms with van der Waals surface area (Å²) in [7, 11) is 1.38. The summed E-state index contributed by atoms with van der Waals surface area (Å²) < 4.78 is 13.3. The van der Waals surface area contributed by atoms with E-state index in [-0.39, 0.29) is 62.3 Å². The lowest BCUT2D eigenvalue weighted by molar-refractivity contribution is -0.144. The number of esters is 1. The Hall–Kier alpha value is -5.82. The molecular weight excluding hydrogens is 915 g/mol. The maximum Gasteiger partial charge on any atom is 0.308 e. The molecule has 3 aliphatic rings. The Bertz CT molecular complexity index is 2710. The number of hydrogen-bond donors (Lipinski definition) is 3. The van der Waals surface area contributed by atoms with Gasteiger partial charge in [0.2, 0.25) is 17.7 Å². The third kappa shape index (κ3) is 10.7. The summed E-state index contributed by atoms with van der Waals surface area (Å²) in [6.45, 7) is 17.3. The van der Waals surface area contributed by atoms with Gasteiger partial charge in [0.15, 0.2) is 5.82 Å². The van der Waals surface area contributed by atoms with Crippen LogP contribution in [0.1, 0.15) is 116 Å². The van der Waals surface area contributed by atoms with Gasteiger partial charge in [0, 0.05) is 54.2 Å². The van der Waals surface area contributed by atoms with Gasteiger partial charge in [-0.05, 0) is 81.7 Å². The largest absolute Gasteiger partial charge is 0.469 e. The zero-order valence-electron chi connectivity index (χ0n) is 40.9. The molecule has 6 heterocycles. The number of likely N-dealkylation sites (tertiary alicyclic amines) is 1. The Balaban J connectivity index is 0.838. The van der Waals surface area contributed by atoms with E-state index in [0.29, 0.717) is 5.82 Å². The number of nitrogens with one attached hydrogen (secondary N) is 2. The Morgan fingerprint density at radius 3 is 2.29 bits per heavy atom. The zero-order chi connectivity index (χ0) is 49.3. The SMILES string of the molecule is COC(=O)C[C@@H]1N=C(c2ccc(N3CCC(OCCC(=O)N[C@H](C(=O)N4C[C@H](O)C[C@H]4C(=O)N[C@@H](C)c4ccc(-c5scnc5C)cc4)C(C)(C)C)CC3)cc2)c2c(sc(C)c2C)-n2c(C)nnc21. The van der Waals surface area contributed by atoms with E-state index < -0.39 is 35.6 Å². The molecule has 2 aromatic carbocycles. The number of nitrogens with zero attached hydrogens (tertiary/aromatic N) is 7. The van der Waals surface area contributed by atoms with Crippen molar-refractivity contribution in [2.24, 2.45) is 10.4 Å². The first-order valence-electron chi connectivity index (χ1n) is 23.6. The van der Waals surface area contributed by atoms with E-state index in [2.05, 4.69) is 68.8 Å². The van der Waals surface area contributed by atoms with Gasteiger partial charge in [-0.15, -0.1) is 32.9 Å². The number of anilines is 1. The number of methoxy groups -OCH3 is 1. The van der Waals surface area contributed by atoms with Gasteiger partial charge in [-0.2, -0.15) is 0 Å². The van der Waals surface area contributed by atoms with E-state index >= 15 is 0 Å². The van der Waals surface area contributed by atoms with Crippen molar-refractivity contribution >= 4 is 57.8 Å². The molecule has 3 aliphatic heterocycles. The molecule has 18 heteroatoms. The van der Waals surface area contributed by atoms with Gasteiger partial charge >= 0.3 is 5.97 Å². The smallest absolute Gasteiger partial charge is 0.308 e. The minimum atomic E-state index is -0.928. The lowest BCUT2D eigenvalue weighted by Gasteiger charge is -2.35. The highest BCUT2D eigenvalue weighted by Crippen LogP contribution is 2.40. The number of amides is 3. The van der Waals surface area contributed by atoms with Crippen LogP contribution in [0, 0.1) is 33.1 Å². The van der Waals surface area contributed by atoms with Gasteiger partial charge in [0.25, 0.3) is 0 Å². The molecule has 366 valence electrons. The first kappa shape index (κ1) is 49.6. The highest BCUT2D eigenvalue weighted by Gasteiger charge is 2.45. The number of aryl methyl sites for hydroxylation is 3. The van der Waals surface area contributed by atoms with Crippen molar-refractivity contribution in [2.75, 3.05) is 38.3 Å². The van der Waals surface area contributed by atoms with Gasteiger partial charge in [-0.25, -0.2) is 4.98 Å². The van der Waals surface area contributed by atoms with Crippen molar-refractivity contribution in [2.45, 2.75) is 124 Å². The number of aliphatic hydroxyl groups excluding tert-OH is 1. The number of hydrogen-bond acceptors (Lipinski definition) is 14. The number of thiophene rings is 1. The molecule has 0 spiro atoms. The van der Waals surface area contributed by atoms with Crippen molar-refractivity contribution < 1.29 is 33.8 Å². The number of β-amino-alcohol motifs (C(OH)–C–C–N with tert-alkyl or cyclic N) is 1. The lowest BCUT2D eigenvalue weighted by Crippen LogP contribution is -2.58. The number of fused-ring (bicyclic) bond motifs is 3. The molecule has 0 unspecified atom stereocenters. The summed E-state index contributed by atoms with van der Waals surface area (Å²) in [5, 5.41) is 26.5. The normalized spacial score (nSPS) is 19.3. The number of carbonyl (C=O) groups is 4. The van der Waals surface area contributed by atoms with E-state index in [0.717, 1.165) is 86.5 Å². The molecule has 3 aromatic heterocycles. The molecule has 16 nitrogen and oxygen atoms in total. The van der Waals surface area contributed by atoms with Crippen molar-refractivity contribution in [3.63, 3.8) is 0 Å². The Morgan fingerprint density at radius 1 is 0.942 bits per heavy atom. The molecule has 0 saturated carbocycles. The molecular formula is C51H63N9O7S2. The van der Waals surface area contributed by atoms with Crippen LogP contribution in [0.5, 0.6) is 0 Å². The molecule has 2 fully saturated rings. The second-order valence-electron chi connectivity index (χ2n) is 19.4. The highest BCUT2D eigenvalue weighted by molar-refractivity contribution is 7.15. The summed E-state index contributed by atoms with van der Waals surface area (Å²) in [5.74, 6) is -0.104. The molecule has 0 bridgehead atoms. The lowest BCUT2D eigenvalue weighted by atomic mass is 9.85. The molecule has 8 rings (SSSR count). The highest BCUT2D eigenvalue weighted by atomic mass is 32.1. The standard InChI is InChI=1S/C51H63N9O7S2/c1-28-31(4)69-50-43(28)44(54-39(25-42(63)66-9)47-57-56-32(5)60(47)50)34-14-16-36(17-15-34)58-21-18-38(19-22-58)67-23-20-41(62)55-46(51(6,7)8)49(65)59-26-37(61)24-40(59)48(64)53-29(2)33-10-12-35(13-11-33)45-30(3)52-27-68-45/h10-17,27,29,37-40,46,61H,18-26H2,1-9H3,(H,53,64)(H,55,62)/t29-,37+,39-,40-,46+/m0/s1. The van der Waals surface area contributed by atoms with Gasteiger partial charge in [-0.3, -0.25) is 28.7 Å². The average molecular weight is 978 g/mol. The van der Waals surface area contributed by atoms with Crippen LogP contribution in [-0.2, 0) is 28.7 Å². The van der Waals surface area contributed by atoms with Crippen LogP contribution in [0.2, 0.25) is 0 Å². The number of aliphatic imine (C=N–C) groups is 1. The van der Waals surface area contributed by atoms with E-state index in [4.69, 9.17) is 14.5 Å². The average Bonchev–Trinajstić information content (AvgIpc) is 4.10. The van der Waals surface area contributed by atoms with Gasteiger partial charge in [0.1, 0.15) is 29.0 Å². The van der Waals surface area contributed by atoms with Crippen LogP contribution < -0.4 is 15.5 Å². The van der Waals surface area contributed by atoms with Crippen LogP contribution in [-0.4, -0.2) is 117 Å². The fourth-order valence-electron chi connectivity index (χ4n) is 9.44. The molecule has 3 amide bonds. The summed E-state index contributed by atoms with van der Waals surface area (Å²) in [5.41, 5.74) is 9.03. The fourth-order valence-corrected chi connectivity index (χ4v) is 11.5. The molecule has 0 radical (unpaired) electrons. The molecule has 5 aromatic rings. The van der Waals surface area contributed by atoms with Gasteiger partial charge < -0.3 is 35.0 Å². The Labute approximate surface area is 411 Å². The van der Waals surface area contributed by atoms with Crippen LogP contribution in [0.3, 0.4) is 0 Å². The van der Waals surface area contributed by atoms with Crippen molar-refractivity contribution in [3.05, 3.63) is 98.5 Å². The summed E-state index contributed by atoms with van der Waals surface area (Å²) in [4.78, 5) is 69.5. The first-order chi connectivity index (χ1) is 32.9. The maximum absolute atomic E-state index is 14.2. The molecule has 0 aliphatic carbocycles. The van der Waals surface area contributed by atoms with E-state index in [1.807, 2.05) is 75.9 Å². The van der Waals surface area contributed by atoms with Crippen molar-refractivity contribution in [3.8, 4) is 15.4 Å². The third-order valence-electron chi connectivity index (χ3n) is 13.5. The predicted octanol–water partition coefficient (Wildman–Crippen LogP) is 6.89. The second kappa shape index (κ2) is 20.6. The molecule has 2 saturated heterocycles. The van der Waals surface area contributed by atoms with Crippen LogP contribution in [0.25, 0.3) is 15.4 Å². The number of rotatable bonds is 14. The topological polar surface area (TPSA) is 193 Å². The molecule has 3 N–H and O–H groups in total. The maximum atomic E-state index is 14.2. The monoisotopic (exact) mass is 977 g/mol. The molecule has 5 atom stereocenters. The van der Waals surface area contributed by atoms with Crippen LogP contribution in [0.15, 0.2) is 59.0 Å². The number of carbonyl (C=O) groups excluding carboxylic acids is 4. The zero-order valence-corrected chi connectivity index (χ0v) is 42.5. The van der Waals surface area contributed by atoms with E-state index in [1.54, 1.807) is 22.7 Å². The third-order valence-corrected chi connectivity index (χ3v) is 15.7. The summed E-state index contributed by atoms with van der Waals surface area (Å²) in [6, 6.07) is 13.6. The van der Waals surface area contributed by atoms with E-state index in [1.165, 1.54) is 16.9 Å². The number of aliphatic hydroxyl groups is 1. The predicted molar refractivity (Wildman–Crippen MR) is 267 cm³/mol. The van der Waals surface area contributed by atoms with Crippen molar-refractivity contribution in [1.82, 2.24) is 35.3 Å². The van der Waals surface area contributed by atoms with Gasteiger partial charge in [0.05, 0.1) is 60.2 Å². The molecule has 69 heavy (non-hydrogen) atoms. The second-order valence-corrected chi connectivity index (χ2v) is 21.5. The number of thiazole rings is 1. The number of benzene rings is 2. The Kier molecular flexibility index (Phi) is 14.8. The number of piperidine rings is 1. The Morgan fingerprint density at radius 2 is 1.64 bits per heavy atom. The first-order valence-corrected chi connectivity index (χ1v) is 25.3. The fraction of sp³-hybridized carbons (Fsp3) is 0.490. The van der Waals surface area contributed by atoms with E-state index in [9.17, 15) is 24.3 Å². The van der Waals surface area contributed by atoms with Gasteiger partial charge in [-0.1, -0.05) is 57.2 Å². The van der Waals surface area contributed by atoms with Crippen molar-refractivity contribution in [1.29, 1.82) is 0 Å². The summed E-state index contributed by atoms with van der Waals surface area (Å²) in [6.07, 6.45) is 0.879.